The highest BCUT2D eigenvalue weighted by Gasteiger charge is 2.35. The molecule has 2 unspecified atom stereocenters. The first kappa shape index (κ1) is 32.2. The van der Waals surface area contributed by atoms with Gasteiger partial charge in [0.15, 0.2) is 0 Å². The van der Waals surface area contributed by atoms with Gasteiger partial charge < -0.3 is 4.90 Å². The number of para-hydroxylation sites is 4. The monoisotopic (exact) mass is 716 g/mol. The topological polar surface area (TPSA) is 33.4 Å². The molecule has 56 heavy (non-hydrogen) atoms. The van der Waals surface area contributed by atoms with Gasteiger partial charge in [0.1, 0.15) is 11.7 Å². The number of anilines is 1. The molecule has 0 amide bonds. The summed E-state index contributed by atoms with van der Waals surface area (Å²) >= 11 is 0. The summed E-state index contributed by atoms with van der Waals surface area (Å²) in [6.45, 7) is 0. The average Bonchev–Trinajstić information content (AvgIpc) is 3.86. The maximum absolute atomic E-state index is 5.24. The predicted octanol–water partition coefficient (Wildman–Crippen LogP) is 12.5. The molecule has 0 N–H and O–H groups in total. The molecule has 1 aliphatic carbocycles. The van der Waals surface area contributed by atoms with Crippen LogP contribution in [0.25, 0.3) is 71.9 Å². The van der Waals surface area contributed by atoms with E-state index in [1.165, 1.54) is 43.8 Å². The van der Waals surface area contributed by atoms with Crippen LogP contribution in [0.15, 0.2) is 211 Å². The Morgan fingerprint density at radius 3 is 1.50 bits per heavy atom. The first-order chi connectivity index (χ1) is 27.8. The van der Waals surface area contributed by atoms with E-state index in [-0.39, 0.29) is 12.1 Å². The molecule has 1 aliphatic heterocycles. The van der Waals surface area contributed by atoms with Crippen LogP contribution in [0.5, 0.6) is 0 Å². The Labute approximate surface area is 325 Å². The molecule has 4 heteroatoms. The van der Waals surface area contributed by atoms with E-state index in [0.29, 0.717) is 0 Å². The largest absolute Gasteiger partial charge is 0.317 e. The van der Waals surface area contributed by atoms with E-state index in [0.717, 1.165) is 45.2 Å². The van der Waals surface area contributed by atoms with E-state index in [4.69, 9.17) is 9.98 Å². The SMILES string of the molecule is C1=CC2N=C(c3ccc(-c4c5ccccc5c(-c5ccc(-c6nc7ccccc7n6-c6ccccc6)cc5)c5ccccc45)cc3)N(c3ccccc3)C2C=C1. The molecule has 4 nitrogen and oxygen atoms in total. The van der Waals surface area contributed by atoms with Gasteiger partial charge in [0.25, 0.3) is 0 Å². The first-order valence-corrected chi connectivity index (χ1v) is 19.3. The minimum atomic E-state index is 0.0923. The number of benzene rings is 8. The number of nitrogens with zero attached hydrogens (tertiary/aromatic N) is 4. The zero-order valence-corrected chi connectivity index (χ0v) is 30.6. The van der Waals surface area contributed by atoms with Crippen LogP contribution in [0.3, 0.4) is 0 Å². The van der Waals surface area contributed by atoms with Crippen molar-refractivity contribution in [2.24, 2.45) is 4.99 Å². The van der Waals surface area contributed by atoms with Gasteiger partial charge in [0, 0.05) is 22.5 Å². The molecule has 9 aromatic rings. The van der Waals surface area contributed by atoms with Gasteiger partial charge in [-0.15, -0.1) is 0 Å². The maximum atomic E-state index is 5.24. The lowest BCUT2D eigenvalue weighted by molar-refractivity contribution is 0.739. The molecule has 0 radical (unpaired) electrons. The lowest BCUT2D eigenvalue weighted by Crippen LogP contribution is -2.39. The third-order valence-corrected chi connectivity index (χ3v) is 11.3. The van der Waals surface area contributed by atoms with Crippen LogP contribution in [0, 0.1) is 0 Å². The molecule has 0 saturated heterocycles. The van der Waals surface area contributed by atoms with Gasteiger partial charge in [0.2, 0.25) is 0 Å². The third kappa shape index (κ3) is 5.22. The normalized spacial score (nSPS) is 16.1. The molecule has 0 spiro atoms. The van der Waals surface area contributed by atoms with Crippen molar-refractivity contribution in [2.75, 3.05) is 4.90 Å². The Morgan fingerprint density at radius 1 is 0.411 bits per heavy atom. The van der Waals surface area contributed by atoms with Gasteiger partial charge in [-0.05, 0) is 80.2 Å². The second kappa shape index (κ2) is 13.2. The molecular formula is C52H36N4. The summed E-state index contributed by atoms with van der Waals surface area (Å²) in [7, 11) is 0. The summed E-state index contributed by atoms with van der Waals surface area (Å²) in [5.41, 5.74) is 11.3. The number of aliphatic imine (C=N–C) groups is 1. The van der Waals surface area contributed by atoms with Gasteiger partial charge in [-0.25, -0.2) is 4.98 Å². The van der Waals surface area contributed by atoms with Crippen LogP contribution in [0.2, 0.25) is 0 Å². The number of hydrogen-bond acceptors (Lipinski definition) is 3. The fourth-order valence-corrected chi connectivity index (χ4v) is 8.76. The summed E-state index contributed by atoms with van der Waals surface area (Å²) in [6.07, 6.45) is 8.71. The van der Waals surface area contributed by atoms with Crippen LogP contribution in [-0.2, 0) is 0 Å². The standard InChI is InChI=1S/C52H36N4/c1-3-15-39(16-4-1)55-47-25-13-11-23-45(47)53-51(55)37-31-27-35(28-32-37)49-41-19-7-9-21-43(41)50(44-22-10-8-20-42(44)49)36-29-33-38(34-30-36)52-54-46-24-12-14-26-48(46)56(52)40-17-5-2-6-18-40/h1-34,45,47H. The highest BCUT2D eigenvalue weighted by Crippen LogP contribution is 2.44. The molecular weight excluding hydrogens is 681 g/mol. The Hall–Kier alpha value is -7.30. The number of fused-ring (bicyclic) bond motifs is 4. The number of allylic oxidation sites excluding steroid dienone is 2. The Balaban J connectivity index is 1.02. The van der Waals surface area contributed by atoms with Gasteiger partial charge in [-0.2, -0.15) is 0 Å². The molecule has 2 atom stereocenters. The van der Waals surface area contributed by atoms with Crippen molar-refractivity contribution >= 4 is 44.1 Å². The van der Waals surface area contributed by atoms with Crippen LogP contribution >= 0.6 is 0 Å². The summed E-state index contributed by atoms with van der Waals surface area (Å²) in [6, 6.07) is 65.4. The van der Waals surface area contributed by atoms with Crippen LogP contribution in [0.4, 0.5) is 5.69 Å². The zero-order chi connectivity index (χ0) is 37.0. The molecule has 2 aliphatic rings. The van der Waals surface area contributed by atoms with Crippen molar-refractivity contribution in [3.05, 3.63) is 212 Å². The van der Waals surface area contributed by atoms with E-state index in [9.17, 15) is 0 Å². The fraction of sp³-hybridized carbons (Fsp3) is 0.0385. The van der Waals surface area contributed by atoms with E-state index >= 15 is 0 Å². The highest BCUT2D eigenvalue weighted by molar-refractivity contribution is 6.21. The molecule has 11 rings (SSSR count). The van der Waals surface area contributed by atoms with Crippen LogP contribution < -0.4 is 4.90 Å². The molecule has 0 fully saturated rings. The molecule has 0 bridgehead atoms. The number of rotatable bonds is 6. The van der Waals surface area contributed by atoms with Gasteiger partial charge in [-0.1, -0.05) is 170 Å². The Bertz CT molecular complexity index is 2950. The summed E-state index contributed by atoms with van der Waals surface area (Å²) in [5, 5.41) is 4.92. The maximum Gasteiger partial charge on any atom is 0.145 e. The fourth-order valence-electron chi connectivity index (χ4n) is 8.76. The molecule has 2 heterocycles. The third-order valence-electron chi connectivity index (χ3n) is 11.3. The van der Waals surface area contributed by atoms with Crippen molar-refractivity contribution < 1.29 is 0 Å². The number of aromatic nitrogens is 2. The van der Waals surface area contributed by atoms with E-state index in [1.807, 2.05) is 0 Å². The van der Waals surface area contributed by atoms with E-state index < -0.39 is 0 Å². The molecule has 8 aromatic carbocycles. The Morgan fingerprint density at radius 2 is 0.893 bits per heavy atom. The van der Waals surface area contributed by atoms with E-state index in [1.54, 1.807) is 0 Å². The second-order valence-electron chi connectivity index (χ2n) is 14.5. The van der Waals surface area contributed by atoms with Gasteiger partial charge in [-0.3, -0.25) is 9.56 Å². The second-order valence-corrected chi connectivity index (χ2v) is 14.5. The van der Waals surface area contributed by atoms with E-state index in [2.05, 4.69) is 216 Å². The molecule has 0 saturated carbocycles. The smallest absolute Gasteiger partial charge is 0.145 e. The summed E-state index contributed by atoms with van der Waals surface area (Å²) in [5.74, 6) is 1.93. The molecule has 264 valence electrons. The van der Waals surface area contributed by atoms with Crippen LogP contribution in [0.1, 0.15) is 5.56 Å². The van der Waals surface area contributed by atoms with Crippen molar-refractivity contribution in [1.29, 1.82) is 0 Å². The summed E-state index contributed by atoms with van der Waals surface area (Å²) in [4.78, 5) is 12.7. The minimum Gasteiger partial charge on any atom is -0.317 e. The lowest BCUT2D eigenvalue weighted by atomic mass is 9.85. The minimum absolute atomic E-state index is 0.0923. The van der Waals surface area contributed by atoms with Crippen molar-refractivity contribution in [3.8, 4) is 39.3 Å². The quantitative estimate of drug-likeness (QED) is 0.161. The number of amidine groups is 1. The van der Waals surface area contributed by atoms with Crippen molar-refractivity contribution in [1.82, 2.24) is 9.55 Å². The zero-order valence-electron chi connectivity index (χ0n) is 30.6. The first-order valence-electron chi connectivity index (χ1n) is 19.3. The highest BCUT2D eigenvalue weighted by atomic mass is 15.3. The van der Waals surface area contributed by atoms with Crippen LogP contribution in [-0.4, -0.2) is 27.5 Å². The molecule has 1 aromatic heterocycles. The lowest BCUT2D eigenvalue weighted by Gasteiger charge is -2.29. The number of imidazole rings is 1. The average molecular weight is 717 g/mol. The van der Waals surface area contributed by atoms with Crippen molar-refractivity contribution in [3.63, 3.8) is 0 Å². The predicted molar refractivity (Wildman–Crippen MR) is 234 cm³/mol. The number of hydrogen-bond donors (Lipinski definition) is 0. The van der Waals surface area contributed by atoms with Gasteiger partial charge >= 0.3 is 0 Å². The van der Waals surface area contributed by atoms with Gasteiger partial charge in [0.05, 0.1) is 23.1 Å². The Kier molecular flexibility index (Phi) is 7.59. The summed E-state index contributed by atoms with van der Waals surface area (Å²) < 4.78 is 2.26. The van der Waals surface area contributed by atoms with Crippen molar-refractivity contribution in [2.45, 2.75) is 12.1 Å².